The molecule has 0 aliphatic heterocycles. The monoisotopic (exact) mass is 372 g/mol. The lowest BCUT2D eigenvalue weighted by Gasteiger charge is -2.25. The van der Waals surface area contributed by atoms with Crippen LogP contribution in [0.3, 0.4) is 0 Å². The van der Waals surface area contributed by atoms with Crippen LogP contribution in [0.1, 0.15) is 44.1 Å². The Morgan fingerprint density at radius 3 is 2.67 bits per heavy atom. The Morgan fingerprint density at radius 2 is 1.93 bits per heavy atom. The van der Waals surface area contributed by atoms with E-state index >= 15 is 0 Å². The van der Waals surface area contributed by atoms with Crippen molar-refractivity contribution in [1.82, 2.24) is 0 Å². The summed E-state index contributed by atoms with van der Waals surface area (Å²) in [5, 5.41) is 7.47. The average Bonchev–Trinajstić information content (AvgIpc) is 2.91. The number of rotatable bonds is 8. The van der Waals surface area contributed by atoms with Crippen LogP contribution in [-0.2, 0) is 16.1 Å². The fourth-order valence-electron chi connectivity index (χ4n) is 3.37. The topological polar surface area (TPSA) is 133 Å². The minimum atomic E-state index is -0.800. The van der Waals surface area contributed by atoms with Gasteiger partial charge in [0.2, 0.25) is 0 Å². The first kappa shape index (κ1) is 20.4. The van der Waals surface area contributed by atoms with Gasteiger partial charge >= 0.3 is 6.16 Å². The van der Waals surface area contributed by atoms with Gasteiger partial charge in [-0.2, -0.15) is 0 Å². The summed E-state index contributed by atoms with van der Waals surface area (Å²) >= 11 is 0. The molecule has 2 rings (SSSR count). The van der Waals surface area contributed by atoms with Crippen molar-refractivity contribution in [3.05, 3.63) is 56.8 Å². The van der Waals surface area contributed by atoms with Crippen LogP contribution in [0, 0.1) is 5.92 Å². The summed E-state index contributed by atoms with van der Waals surface area (Å²) in [5.74, 6) is 0.0872. The van der Waals surface area contributed by atoms with Crippen LogP contribution in [-0.4, -0.2) is 24.8 Å². The molecule has 27 heavy (non-hydrogen) atoms. The minimum absolute atomic E-state index is 0.0242. The third kappa shape index (κ3) is 7.48. The Bertz CT molecular complexity index is 686. The van der Waals surface area contributed by atoms with Crippen LogP contribution in [0.25, 0.3) is 20.9 Å². The van der Waals surface area contributed by atoms with Gasteiger partial charge < -0.3 is 9.47 Å². The van der Waals surface area contributed by atoms with Crippen LogP contribution >= 0.6 is 0 Å². The Hall–Kier alpha value is -2.89. The molecule has 1 saturated carbocycles. The Kier molecular flexibility index (Phi) is 8.83. The highest BCUT2D eigenvalue weighted by molar-refractivity contribution is 5.60. The first-order chi connectivity index (χ1) is 13.2. The summed E-state index contributed by atoms with van der Waals surface area (Å²) in [4.78, 5) is 17.8. The Labute approximate surface area is 157 Å². The molecule has 0 unspecified atom stereocenters. The SMILES string of the molecule is [N-]=[N+]=NC[C@H](C[C@@H]1CCCCC[C@@H]1N=[N+]=[N-])OC(=O)OCc1ccccc1. The molecular weight excluding hydrogens is 348 g/mol. The van der Waals surface area contributed by atoms with Gasteiger partial charge in [0, 0.05) is 15.9 Å². The summed E-state index contributed by atoms with van der Waals surface area (Å²) in [6.45, 7) is 0.134. The summed E-state index contributed by atoms with van der Waals surface area (Å²) in [6.07, 6.45) is 3.92. The van der Waals surface area contributed by atoms with Crippen molar-refractivity contribution in [3.8, 4) is 0 Å². The predicted octanol–water partition coefficient (Wildman–Crippen LogP) is 5.67. The predicted molar refractivity (Wildman–Crippen MR) is 99.6 cm³/mol. The summed E-state index contributed by atoms with van der Waals surface area (Å²) in [6, 6.07) is 9.16. The standard InChI is InChI=1S/C18H24N6O3/c19-23-21-12-16(11-15-9-5-2-6-10-17(15)22-24-20)27-18(25)26-13-14-7-3-1-4-8-14/h1,3-4,7-8,15-17H,2,5-6,9-13H2/t15-,16-,17-/m0/s1. The van der Waals surface area contributed by atoms with Gasteiger partial charge in [-0.3, -0.25) is 0 Å². The van der Waals surface area contributed by atoms with E-state index in [2.05, 4.69) is 20.1 Å². The molecule has 1 aliphatic carbocycles. The van der Waals surface area contributed by atoms with E-state index in [0.29, 0.717) is 6.42 Å². The number of nitrogens with zero attached hydrogens (tertiary/aromatic N) is 6. The van der Waals surface area contributed by atoms with Crippen LogP contribution in [0.15, 0.2) is 40.6 Å². The van der Waals surface area contributed by atoms with Crippen LogP contribution in [0.2, 0.25) is 0 Å². The summed E-state index contributed by atoms with van der Waals surface area (Å²) < 4.78 is 10.5. The van der Waals surface area contributed by atoms with Crippen molar-refractivity contribution >= 4 is 6.16 Å². The molecule has 0 N–H and O–H groups in total. The lowest BCUT2D eigenvalue weighted by Crippen LogP contribution is -2.28. The van der Waals surface area contributed by atoms with Crippen LogP contribution < -0.4 is 0 Å². The molecule has 144 valence electrons. The van der Waals surface area contributed by atoms with E-state index < -0.39 is 12.3 Å². The highest BCUT2D eigenvalue weighted by Gasteiger charge is 2.27. The third-order valence-electron chi connectivity index (χ3n) is 4.70. The number of carbonyl (C=O) groups is 1. The largest absolute Gasteiger partial charge is 0.508 e. The first-order valence-corrected chi connectivity index (χ1v) is 9.15. The van der Waals surface area contributed by atoms with Gasteiger partial charge in [-0.05, 0) is 41.8 Å². The van der Waals surface area contributed by atoms with Gasteiger partial charge in [-0.25, -0.2) is 4.79 Å². The highest BCUT2D eigenvalue weighted by Crippen LogP contribution is 2.30. The Balaban J connectivity index is 1.95. The molecule has 3 atom stereocenters. The quantitative estimate of drug-likeness (QED) is 0.191. The summed E-state index contributed by atoms with van der Waals surface area (Å²) in [7, 11) is 0. The van der Waals surface area contributed by atoms with E-state index in [4.69, 9.17) is 20.5 Å². The van der Waals surface area contributed by atoms with E-state index in [1.165, 1.54) is 0 Å². The van der Waals surface area contributed by atoms with Crippen LogP contribution in [0.5, 0.6) is 0 Å². The molecule has 0 amide bonds. The molecule has 1 aromatic rings. The lowest BCUT2D eigenvalue weighted by molar-refractivity contribution is 0.0125. The average molecular weight is 372 g/mol. The number of carbonyl (C=O) groups excluding carboxylic acids is 1. The summed E-state index contributed by atoms with van der Waals surface area (Å²) in [5.41, 5.74) is 18.3. The number of benzene rings is 1. The van der Waals surface area contributed by atoms with E-state index in [9.17, 15) is 4.79 Å². The zero-order chi connectivity index (χ0) is 19.3. The third-order valence-corrected chi connectivity index (χ3v) is 4.70. The van der Waals surface area contributed by atoms with E-state index in [0.717, 1.165) is 37.7 Å². The molecule has 0 heterocycles. The van der Waals surface area contributed by atoms with Gasteiger partial charge in [0.1, 0.15) is 12.7 Å². The smallest absolute Gasteiger partial charge is 0.431 e. The zero-order valence-electron chi connectivity index (χ0n) is 15.2. The zero-order valence-corrected chi connectivity index (χ0v) is 15.2. The molecule has 0 spiro atoms. The Morgan fingerprint density at radius 1 is 1.15 bits per heavy atom. The lowest BCUT2D eigenvalue weighted by atomic mass is 9.89. The van der Waals surface area contributed by atoms with Gasteiger partial charge in [0.05, 0.1) is 6.54 Å². The fourth-order valence-corrected chi connectivity index (χ4v) is 3.37. The van der Waals surface area contributed by atoms with Crippen molar-refractivity contribution in [1.29, 1.82) is 0 Å². The number of azide groups is 2. The van der Waals surface area contributed by atoms with Crippen molar-refractivity contribution in [3.63, 3.8) is 0 Å². The fraction of sp³-hybridized carbons (Fsp3) is 0.611. The molecule has 9 nitrogen and oxygen atoms in total. The van der Waals surface area contributed by atoms with Gasteiger partial charge in [-0.15, -0.1) is 0 Å². The highest BCUT2D eigenvalue weighted by atomic mass is 16.7. The molecule has 0 aromatic heterocycles. The maximum Gasteiger partial charge on any atom is 0.508 e. The molecular formula is C18H24N6O3. The molecule has 1 fully saturated rings. The van der Waals surface area contributed by atoms with Gasteiger partial charge in [0.25, 0.3) is 0 Å². The molecule has 0 saturated heterocycles. The maximum absolute atomic E-state index is 12.0. The second kappa shape index (κ2) is 11.7. The molecule has 0 radical (unpaired) electrons. The molecule has 1 aromatic carbocycles. The van der Waals surface area contributed by atoms with E-state index in [1.54, 1.807) is 0 Å². The second-order valence-corrected chi connectivity index (χ2v) is 6.58. The second-order valence-electron chi connectivity index (χ2n) is 6.58. The first-order valence-electron chi connectivity index (χ1n) is 9.15. The van der Waals surface area contributed by atoms with E-state index in [-0.39, 0.29) is 25.1 Å². The minimum Gasteiger partial charge on any atom is -0.431 e. The normalized spacial score (nSPS) is 20.3. The number of ether oxygens (including phenoxy) is 2. The van der Waals surface area contributed by atoms with Crippen molar-refractivity contribution in [2.45, 2.75) is 57.3 Å². The molecule has 9 heteroatoms. The van der Waals surface area contributed by atoms with Crippen LogP contribution in [0.4, 0.5) is 4.79 Å². The molecule has 0 bridgehead atoms. The van der Waals surface area contributed by atoms with Crippen molar-refractivity contribution in [2.75, 3.05) is 6.54 Å². The van der Waals surface area contributed by atoms with E-state index in [1.807, 2.05) is 30.3 Å². The van der Waals surface area contributed by atoms with Crippen molar-refractivity contribution < 1.29 is 14.3 Å². The van der Waals surface area contributed by atoms with Crippen molar-refractivity contribution in [2.24, 2.45) is 16.1 Å². The number of hydrogen-bond acceptors (Lipinski definition) is 5. The maximum atomic E-state index is 12.0. The molecule has 1 aliphatic rings. The van der Waals surface area contributed by atoms with Gasteiger partial charge in [0.15, 0.2) is 0 Å². The van der Waals surface area contributed by atoms with Gasteiger partial charge in [-0.1, -0.05) is 59.8 Å². The number of hydrogen-bond donors (Lipinski definition) is 0.